The summed E-state index contributed by atoms with van der Waals surface area (Å²) in [6, 6.07) is 20.6. The molecule has 1 amide bonds. The lowest BCUT2D eigenvalue weighted by Crippen LogP contribution is -2.38. The van der Waals surface area contributed by atoms with E-state index in [1.54, 1.807) is 7.11 Å². The van der Waals surface area contributed by atoms with E-state index in [1.807, 2.05) is 41.4 Å². The molecule has 0 radical (unpaired) electrons. The predicted octanol–water partition coefficient (Wildman–Crippen LogP) is 5.50. The number of aromatic nitrogens is 2. The van der Waals surface area contributed by atoms with E-state index >= 15 is 0 Å². The molecule has 33 heavy (non-hydrogen) atoms. The number of ether oxygens (including phenoxy) is 1. The number of methoxy groups -OCH3 is 1. The lowest BCUT2D eigenvalue weighted by Gasteiger charge is -2.32. The molecular weight excluding hydrogens is 410 g/mol. The summed E-state index contributed by atoms with van der Waals surface area (Å²) in [6.45, 7) is 3.61. The molecule has 0 spiro atoms. The average molecular weight is 440 g/mol. The molecule has 0 aliphatic carbocycles. The van der Waals surface area contributed by atoms with Gasteiger partial charge in [0.25, 0.3) is 0 Å². The van der Waals surface area contributed by atoms with Crippen LogP contribution in [-0.2, 0) is 11.2 Å². The van der Waals surface area contributed by atoms with Gasteiger partial charge in [0.2, 0.25) is 5.91 Å². The molecule has 0 unspecified atom stereocenters. The monoisotopic (exact) mass is 439 g/mol. The van der Waals surface area contributed by atoms with E-state index in [1.165, 1.54) is 5.56 Å². The second kappa shape index (κ2) is 9.10. The predicted molar refractivity (Wildman–Crippen MR) is 132 cm³/mol. The lowest BCUT2D eigenvalue weighted by molar-refractivity contribution is -0.131. The molecule has 1 fully saturated rings. The van der Waals surface area contributed by atoms with Crippen molar-refractivity contribution in [2.24, 2.45) is 0 Å². The largest absolute Gasteiger partial charge is 0.497 e. The van der Waals surface area contributed by atoms with Crippen LogP contribution < -0.4 is 4.74 Å². The van der Waals surface area contributed by atoms with Gasteiger partial charge in [-0.2, -0.15) is 0 Å². The number of carbonyl (C=O) groups excluding carboxylic acids is 1. The van der Waals surface area contributed by atoms with Crippen LogP contribution in [0.25, 0.3) is 22.0 Å². The number of piperidine rings is 1. The molecule has 5 heteroatoms. The zero-order valence-corrected chi connectivity index (χ0v) is 19.2. The molecule has 2 aromatic carbocycles. The van der Waals surface area contributed by atoms with Crippen molar-refractivity contribution >= 4 is 16.8 Å². The topological polar surface area (TPSA) is 58.2 Å². The molecule has 5 nitrogen and oxygen atoms in total. The maximum Gasteiger partial charge on any atom is 0.227 e. The van der Waals surface area contributed by atoms with Crippen LogP contribution in [0, 0.1) is 6.92 Å². The minimum absolute atomic E-state index is 0.203. The van der Waals surface area contributed by atoms with Crippen molar-refractivity contribution in [1.82, 2.24) is 14.9 Å². The minimum Gasteiger partial charge on any atom is -0.497 e. The van der Waals surface area contributed by atoms with E-state index in [0.29, 0.717) is 12.3 Å². The summed E-state index contributed by atoms with van der Waals surface area (Å²) in [7, 11) is 1.68. The normalized spacial score (nSPS) is 14.5. The number of hydrogen-bond donors (Lipinski definition) is 1. The van der Waals surface area contributed by atoms with Crippen LogP contribution in [0.1, 0.15) is 35.7 Å². The fourth-order valence-corrected chi connectivity index (χ4v) is 4.83. The molecule has 0 bridgehead atoms. The Morgan fingerprint density at radius 2 is 1.82 bits per heavy atom. The maximum absolute atomic E-state index is 13.0. The molecule has 2 aromatic heterocycles. The van der Waals surface area contributed by atoms with E-state index in [-0.39, 0.29) is 5.91 Å². The fourth-order valence-electron chi connectivity index (χ4n) is 4.83. The van der Waals surface area contributed by atoms with E-state index in [9.17, 15) is 4.79 Å². The number of rotatable bonds is 5. The van der Waals surface area contributed by atoms with Crippen molar-refractivity contribution in [3.63, 3.8) is 0 Å². The quantitative estimate of drug-likeness (QED) is 0.447. The SMILES string of the molecule is COc1ccc(-c2cc(C)nc(C3CCN(C(=O)Cc4c[nH]c5ccccc45)CC3)c2)cc1. The molecule has 1 aliphatic rings. The number of pyridine rings is 1. The van der Waals surface area contributed by atoms with Crippen LogP contribution >= 0.6 is 0 Å². The summed E-state index contributed by atoms with van der Waals surface area (Å²) in [5.74, 6) is 1.43. The van der Waals surface area contributed by atoms with Gasteiger partial charge in [0.15, 0.2) is 0 Å². The smallest absolute Gasteiger partial charge is 0.227 e. The number of amides is 1. The lowest BCUT2D eigenvalue weighted by atomic mass is 9.91. The third kappa shape index (κ3) is 4.49. The Morgan fingerprint density at radius 3 is 2.58 bits per heavy atom. The minimum atomic E-state index is 0.203. The van der Waals surface area contributed by atoms with Gasteiger partial charge >= 0.3 is 0 Å². The number of benzene rings is 2. The van der Waals surface area contributed by atoms with Crippen LogP contribution in [0.5, 0.6) is 5.75 Å². The maximum atomic E-state index is 13.0. The second-order valence-electron chi connectivity index (χ2n) is 8.84. The Morgan fingerprint density at radius 1 is 1.06 bits per heavy atom. The molecule has 5 rings (SSSR count). The summed E-state index contributed by atoms with van der Waals surface area (Å²) in [5, 5.41) is 1.13. The highest BCUT2D eigenvalue weighted by atomic mass is 16.5. The first kappa shape index (κ1) is 21.3. The average Bonchev–Trinajstić information content (AvgIpc) is 3.26. The second-order valence-corrected chi connectivity index (χ2v) is 8.84. The van der Waals surface area contributed by atoms with Crippen LogP contribution in [-0.4, -0.2) is 41.0 Å². The zero-order valence-electron chi connectivity index (χ0n) is 19.2. The van der Waals surface area contributed by atoms with Gasteiger partial charge in [0, 0.05) is 47.5 Å². The van der Waals surface area contributed by atoms with Crippen molar-refractivity contribution in [3.8, 4) is 16.9 Å². The van der Waals surface area contributed by atoms with Crippen molar-refractivity contribution in [1.29, 1.82) is 0 Å². The van der Waals surface area contributed by atoms with E-state index in [4.69, 9.17) is 9.72 Å². The van der Waals surface area contributed by atoms with Crippen LogP contribution in [0.3, 0.4) is 0 Å². The number of H-pyrrole nitrogens is 1. The van der Waals surface area contributed by atoms with Gasteiger partial charge in [-0.25, -0.2) is 0 Å². The Hall–Kier alpha value is -3.60. The van der Waals surface area contributed by atoms with Crippen LogP contribution in [0.2, 0.25) is 0 Å². The van der Waals surface area contributed by atoms with Crippen molar-refractivity contribution in [2.75, 3.05) is 20.2 Å². The van der Waals surface area contributed by atoms with Gasteiger partial charge in [0.05, 0.1) is 13.5 Å². The summed E-state index contributed by atoms with van der Waals surface area (Å²) in [4.78, 5) is 23.1. The van der Waals surface area contributed by atoms with Gasteiger partial charge in [-0.1, -0.05) is 30.3 Å². The molecule has 3 heterocycles. The molecule has 1 aliphatic heterocycles. The Balaban J connectivity index is 1.26. The fraction of sp³-hybridized carbons (Fsp3) is 0.286. The third-order valence-electron chi connectivity index (χ3n) is 6.68. The third-order valence-corrected chi connectivity index (χ3v) is 6.68. The number of nitrogens with zero attached hydrogens (tertiary/aromatic N) is 2. The summed E-state index contributed by atoms with van der Waals surface area (Å²) < 4.78 is 5.28. The first-order valence-corrected chi connectivity index (χ1v) is 11.6. The Labute approximate surface area is 194 Å². The van der Waals surface area contributed by atoms with Gasteiger partial charge in [-0.05, 0) is 66.8 Å². The van der Waals surface area contributed by atoms with Gasteiger partial charge < -0.3 is 14.6 Å². The molecule has 1 N–H and O–H groups in total. The summed E-state index contributed by atoms with van der Waals surface area (Å²) in [5.41, 5.74) is 6.65. The van der Waals surface area contributed by atoms with Crippen LogP contribution in [0.4, 0.5) is 0 Å². The summed E-state index contributed by atoms with van der Waals surface area (Å²) in [6.07, 6.45) is 4.29. The van der Waals surface area contributed by atoms with Crippen molar-refractivity contribution in [2.45, 2.75) is 32.1 Å². The van der Waals surface area contributed by atoms with Gasteiger partial charge in [0.1, 0.15) is 5.75 Å². The zero-order chi connectivity index (χ0) is 22.8. The van der Waals surface area contributed by atoms with Gasteiger partial charge in [-0.3, -0.25) is 9.78 Å². The highest BCUT2D eigenvalue weighted by Gasteiger charge is 2.25. The standard InChI is InChI=1S/C28H29N3O2/c1-19-15-22(20-7-9-24(33-2)10-8-20)16-27(30-19)21-11-13-31(14-12-21)28(32)17-23-18-29-26-6-4-3-5-25(23)26/h3-10,15-16,18,21,29H,11-14,17H2,1-2H3. The van der Waals surface area contributed by atoms with Crippen molar-refractivity contribution < 1.29 is 9.53 Å². The molecular formula is C28H29N3O2. The van der Waals surface area contributed by atoms with E-state index < -0.39 is 0 Å². The van der Waals surface area contributed by atoms with E-state index in [2.05, 4.69) is 42.2 Å². The van der Waals surface area contributed by atoms with Gasteiger partial charge in [-0.15, -0.1) is 0 Å². The number of fused-ring (bicyclic) bond motifs is 1. The number of aryl methyl sites for hydroxylation is 1. The number of nitrogens with one attached hydrogen (secondary N) is 1. The number of hydrogen-bond acceptors (Lipinski definition) is 3. The Bertz CT molecular complexity index is 1270. The molecule has 1 saturated heterocycles. The molecule has 0 atom stereocenters. The van der Waals surface area contributed by atoms with E-state index in [0.717, 1.165) is 65.1 Å². The summed E-state index contributed by atoms with van der Waals surface area (Å²) >= 11 is 0. The first-order valence-electron chi connectivity index (χ1n) is 11.6. The molecule has 168 valence electrons. The highest BCUT2D eigenvalue weighted by molar-refractivity contribution is 5.88. The molecule has 0 saturated carbocycles. The number of aromatic amines is 1. The first-order chi connectivity index (χ1) is 16.1. The highest BCUT2D eigenvalue weighted by Crippen LogP contribution is 2.31. The number of likely N-dealkylation sites (tertiary alicyclic amines) is 1. The van der Waals surface area contributed by atoms with Crippen molar-refractivity contribution in [3.05, 3.63) is 83.8 Å². The number of para-hydroxylation sites is 1. The number of carbonyl (C=O) groups is 1. The van der Waals surface area contributed by atoms with Crippen LogP contribution in [0.15, 0.2) is 66.9 Å². The molecule has 4 aromatic rings. The Kier molecular flexibility index (Phi) is 5.86.